The van der Waals surface area contributed by atoms with Gasteiger partial charge in [-0.15, -0.1) is 0 Å². The van der Waals surface area contributed by atoms with E-state index in [1.165, 1.54) is 12.1 Å². The van der Waals surface area contributed by atoms with E-state index < -0.39 is 17.2 Å². The van der Waals surface area contributed by atoms with E-state index in [2.05, 4.69) is 15.9 Å². The zero-order chi connectivity index (χ0) is 15.1. The number of aryl methyl sites for hydroxylation is 1. The maximum Gasteiger partial charge on any atom is 0.180 e. The summed E-state index contributed by atoms with van der Waals surface area (Å²) in [5, 5.41) is 0.830. The Morgan fingerprint density at radius 2 is 1.90 bits per heavy atom. The SMILES string of the molecule is Cc1ccc([S+]([O-])n2cc(Br)c3cc(F)cc(Cl)c32)cc1. The van der Waals surface area contributed by atoms with Crippen LogP contribution in [0.4, 0.5) is 4.39 Å². The van der Waals surface area contributed by atoms with Gasteiger partial charge in [-0.05, 0) is 47.1 Å². The van der Waals surface area contributed by atoms with Crippen LogP contribution in [-0.4, -0.2) is 8.53 Å². The molecular weight excluding hydrogens is 377 g/mol. The Labute approximate surface area is 138 Å². The molecule has 3 aromatic rings. The van der Waals surface area contributed by atoms with Gasteiger partial charge in [-0.1, -0.05) is 29.3 Å². The lowest BCUT2D eigenvalue weighted by Gasteiger charge is -2.12. The van der Waals surface area contributed by atoms with Crippen LogP contribution in [0.3, 0.4) is 0 Å². The van der Waals surface area contributed by atoms with Gasteiger partial charge in [0.2, 0.25) is 0 Å². The summed E-state index contributed by atoms with van der Waals surface area (Å²) in [6.45, 7) is 1.97. The van der Waals surface area contributed by atoms with E-state index in [4.69, 9.17) is 11.6 Å². The van der Waals surface area contributed by atoms with Gasteiger partial charge in [-0.3, -0.25) is 0 Å². The molecule has 0 aliphatic rings. The van der Waals surface area contributed by atoms with Crippen LogP contribution in [0.5, 0.6) is 0 Å². The number of halogens is 3. The van der Waals surface area contributed by atoms with Gasteiger partial charge < -0.3 is 4.55 Å². The van der Waals surface area contributed by atoms with Gasteiger partial charge in [0.1, 0.15) is 22.7 Å². The number of rotatable bonds is 2. The van der Waals surface area contributed by atoms with Gasteiger partial charge in [0.05, 0.1) is 11.2 Å². The zero-order valence-corrected chi connectivity index (χ0v) is 14.1. The molecule has 0 saturated heterocycles. The molecule has 2 nitrogen and oxygen atoms in total. The molecule has 0 bridgehead atoms. The molecule has 21 heavy (non-hydrogen) atoms. The lowest BCUT2D eigenvalue weighted by Crippen LogP contribution is -2.12. The van der Waals surface area contributed by atoms with Crippen LogP contribution in [0.25, 0.3) is 10.9 Å². The third-order valence-corrected chi connectivity index (χ3v) is 5.38. The monoisotopic (exact) mass is 385 g/mol. The molecule has 0 N–H and O–H groups in total. The Bertz CT molecular complexity index is 819. The van der Waals surface area contributed by atoms with Crippen molar-refractivity contribution in [3.63, 3.8) is 0 Å². The highest BCUT2D eigenvalue weighted by Gasteiger charge is 2.21. The molecule has 0 radical (unpaired) electrons. The normalized spacial score (nSPS) is 12.8. The van der Waals surface area contributed by atoms with Crippen LogP contribution in [0.2, 0.25) is 5.02 Å². The minimum atomic E-state index is -1.45. The largest absolute Gasteiger partial charge is 0.587 e. The third kappa shape index (κ3) is 2.71. The fourth-order valence-corrected chi connectivity index (χ4v) is 4.26. The van der Waals surface area contributed by atoms with Gasteiger partial charge in [0.15, 0.2) is 4.90 Å². The van der Waals surface area contributed by atoms with Crippen molar-refractivity contribution in [1.29, 1.82) is 0 Å². The molecule has 0 spiro atoms. The number of nitrogens with zero attached hydrogens (tertiary/aromatic N) is 1. The van der Waals surface area contributed by atoms with E-state index in [9.17, 15) is 8.94 Å². The van der Waals surface area contributed by atoms with E-state index >= 15 is 0 Å². The smallest absolute Gasteiger partial charge is 0.180 e. The van der Waals surface area contributed by atoms with Crippen molar-refractivity contribution in [1.82, 2.24) is 3.97 Å². The lowest BCUT2D eigenvalue weighted by atomic mass is 10.2. The Morgan fingerprint density at radius 1 is 1.24 bits per heavy atom. The highest BCUT2D eigenvalue weighted by atomic mass is 79.9. The average Bonchev–Trinajstić information content (AvgIpc) is 2.76. The Kier molecular flexibility index (Phi) is 4.01. The van der Waals surface area contributed by atoms with Crippen molar-refractivity contribution < 1.29 is 8.94 Å². The molecule has 0 amide bonds. The van der Waals surface area contributed by atoms with E-state index in [1.54, 1.807) is 10.2 Å². The highest BCUT2D eigenvalue weighted by molar-refractivity contribution is 9.10. The molecule has 1 atom stereocenters. The predicted molar refractivity (Wildman–Crippen MR) is 87.6 cm³/mol. The second-order valence-electron chi connectivity index (χ2n) is 4.65. The molecule has 3 rings (SSSR count). The molecule has 1 heterocycles. The lowest BCUT2D eigenvalue weighted by molar-refractivity contribution is 0.588. The second-order valence-corrected chi connectivity index (χ2v) is 7.27. The first-order valence-corrected chi connectivity index (χ1v) is 8.39. The van der Waals surface area contributed by atoms with Gasteiger partial charge in [0.25, 0.3) is 0 Å². The molecule has 0 fully saturated rings. The van der Waals surface area contributed by atoms with Crippen molar-refractivity contribution in [3.05, 3.63) is 63.5 Å². The number of fused-ring (bicyclic) bond motifs is 1. The zero-order valence-electron chi connectivity index (χ0n) is 10.9. The summed E-state index contributed by atoms with van der Waals surface area (Å²) in [7, 11) is 0. The highest BCUT2D eigenvalue weighted by Crippen LogP contribution is 2.34. The quantitative estimate of drug-likeness (QED) is 0.565. The Balaban J connectivity index is 2.18. The third-order valence-electron chi connectivity index (χ3n) is 3.14. The minimum Gasteiger partial charge on any atom is -0.587 e. The first-order valence-electron chi connectivity index (χ1n) is 6.12. The fourth-order valence-electron chi connectivity index (χ4n) is 2.11. The first-order chi connectivity index (χ1) is 9.97. The van der Waals surface area contributed by atoms with Crippen molar-refractivity contribution >= 4 is 49.8 Å². The standard InChI is InChI=1S/C15H10BrClFNOS/c1-9-2-4-11(5-3-9)21(20)19-8-13(16)12-6-10(18)7-14(17)15(12)19/h2-8H,1H3. The number of benzene rings is 2. The van der Waals surface area contributed by atoms with Crippen molar-refractivity contribution in [2.24, 2.45) is 0 Å². The fraction of sp³-hybridized carbons (Fsp3) is 0.0667. The summed E-state index contributed by atoms with van der Waals surface area (Å²) in [5.74, 6) is -0.424. The van der Waals surface area contributed by atoms with Crippen LogP contribution in [0, 0.1) is 12.7 Å². The van der Waals surface area contributed by atoms with Crippen molar-refractivity contribution in [2.75, 3.05) is 0 Å². The number of hydrogen-bond acceptors (Lipinski definition) is 1. The second kappa shape index (κ2) is 5.65. The average molecular weight is 387 g/mol. The molecular formula is C15H10BrClFNOS. The molecule has 0 aliphatic heterocycles. The summed E-state index contributed by atoms with van der Waals surface area (Å²) in [5.41, 5.74) is 1.64. The number of aromatic nitrogens is 1. The van der Waals surface area contributed by atoms with Gasteiger partial charge in [-0.25, -0.2) is 4.39 Å². The van der Waals surface area contributed by atoms with Crippen LogP contribution in [0.15, 0.2) is 52.0 Å². The molecule has 1 unspecified atom stereocenters. The summed E-state index contributed by atoms with van der Waals surface area (Å²) in [6.07, 6.45) is 1.66. The first kappa shape index (κ1) is 14.9. The van der Waals surface area contributed by atoms with Gasteiger partial charge in [-0.2, -0.15) is 3.97 Å². The topological polar surface area (TPSA) is 28.0 Å². The summed E-state index contributed by atoms with van der Waals surface area (Å²) < 4.78 is 28.4. The van der Waals surface area contributed by atoms with Crippen LogP contribution >= 0.6 is 27.5 Å². The minimum absolute atomic E-state index is 0.233. The van der Waals surface area contributed by atoms with Gasteiger partial charge in [0, 0.05) is 9.86 Å². The number of hydrogen-bond donors (Lipinski definition) is 0. The van der Waals surface area contributed by atoms with E-state index in [1.807, 2.05) is 31.2 Å². The predicted octanol–water partition coefficient (Wildman–Crippen LogP) is 5.08. The summed E-state index contributed by atoms with van der Waals surface area (Å²) in [4.78, 5) is 0.658. The maximum atomic E-state index is 13.5. The van der Waals surface area contributed by atoms with E-state index in [-0.39, 0.29) is 5.02 Å². The van der Waals surface area contributed by atoms with E-state index in [0.29, 0.717) is 20.3 Å². The molecule has 0 aliphatic carbocycles. The van der Waals surface area contributed by atoms with Crippen molar-refractivity contribution in [2.45, 2.75) is 11.8 Å². The molecule has 108 valence electrons. The molecule has 0 saturated carbocycles. The van der Waals surface area contributed by atoms with E-state index in [0.717, 1.165) is 5.56 Å². The molecule has 2 aromatic carbocycles. The van der Waals surface area contributed by atoms with Crippen LogP contribution in [-0.2, 0) is 11.4 Å². The molecule has 6 heteroatoms. The Morgan fingerprint density at radius 3 is 2.57 bits per heavy atom. The molecule has 1 aromatic heterocycles. The van der Waals surface area contributed by atoms with Crippen molar-refractivity contribution in [3.8, 4) is 0 Å². The van der Waals surface area contributed by atoms with Crippen LogP contribution in [0.1, 0.15) is 5.56 Å². The van der Waals surface area contributed by atoms with Crippen LogP contribution < -0.4 is 0 Å². The summed E-state index contributed by atoms with van der Waals surface area (Å²) in [6, 6.07) is 10.0. The maximum absolute atomic E-state index is 13.5. The summed E-state index contributed by atoms with van der Waals surface area (Å²) >= 11 is 8.03. The van der Waals surface area contributed by atoms with Gasteiger partial charge >= 0.3 is 0 Å². The Hall–Kier alpha value is -1.01.